The summed E-state index contributed by atoms with van der Waals surface area (Å²) in [6, 6.07) is 15.3. The molecule has 2 amide bonds. The Morgan fingerprint density at radius 2 is 1.77 bits per heavy atom. The van der Waals surface area contributed by atoms with Crippen molar-refractivity contribution in [1.29, 1.82) is 0 Å². The van der Waals surface area contributed by atoms with Crippen molar-refractivity contribution in [3.8, 4) is 0 Å². The molecule has 0 aliphatic rings. The molecule has 2 aromatic rings. The van der Waals surface area contributed by atoms with Gasteiger partial charge in [0, 0.05) is 23.4 Å². The van der Waals surface area contributed by atoms with E-state index in [-0.39, 0.29) is 17.9 Å². The van der Waals surface area contributed by atoms with Crippen LogP contribution in [0.25, 0.3) is 0 Å². The summed E-state index contributed by atoms with van der Waals surface area (Å²) in [7, 11) is 0. The number of amides is 2. The number of carbonyl (C=O) groups is 2. The minimum absolute atomic E-state index is 0.0281. The van der Waals surface area contributed by atoms with Gasteiger partial charge in [0.05, 0.1) is 5.75 Å². The smallest absolute Gasteiger partial charge is 0.243 e. The van der Waals surface area contributed by atoms with E-state index in [1.54, 1.807) is 16.7 Å². The zero-order valence-corrected chi connectivity index (χ0v) is 20.4. The van der Waals surface area contributed by atoms with Crippen LogP contribution in [0.4, 0.5) is 0 Å². The van der Waals surface area contributed by atoms with Crippen molar-refractivity contribution in [1.82, 2.24) is 10.2 Å². The van der Waals surface area contributed by atoms with Gasteiger partial charge in [-0.3, -0.25) is 9.59 Å². The first kappa shape index (κ1) is 25.3. The van der Waals surface area contributed by atoms with Crippen LogP contribution in [-0.4, -0.2) is 34.6 Å². The second-order valence-electron chi connectivity index (χ2n) is 7.88. The van der Waals surface area contributed by atoms with Crippen LogP contribution >= 0.6 is 23.4 Å². The summed E-state index contributed by atoms with van der Waals surface area (Å²) in [4.78, 5) is 27.9. The van der Waals surface area contributed by atoms with Gasteiger partial charge in [0.15, 0.2) is 0 Å². The van der Waals surface area contributed by atoms with Crippen molar-refractivity contribution in [3.05, 3.63) is 70.2 Å². The summed E-state index contributed by atoms with van der Waals surface area (Å²) in [5.41, 5.74) is 3.25. The molecule has 0 aliphatic carbocycles. The summed E-state index contributed by atoms with van der Waals surface area (Å²) in [5, 5.41) is 3.74. The molecule has 0 bridgehead atoms. The molecule has 0 saturated carbocycles. The Bertz CT molecular complexity index is 874. The summed E-state index contributed by atoms with van der Waals surface area (Å²) in [5.74, 6) is 0.892. The third-order valence-electron chi connectivity index (χ3n) is 5.21. The van der Waals surface area contributed by atoms with E-state index in [1.165, 1.54) is 0 Å². The zero-order valence-electron chi connectivity index (χ0n) is 18.9. The van der Waals surface area contributed by atoms with Crippen molar-refractivity contribution >= 4 is 35.2 Å². The Balaban J connectivity index is 2.14. The highest BCUT2D eigenvalue weighted by Crippen LogP contribution is 2.19. The summed E-state index contributed by atoms with van der Waals surface area (Å²) < 4.78 is 0. The zero-order chi connectivity index (χ0) is 22.8. The third-order valence-corrected chi connectivity index (χ3v) is 6.43. The third kappa shape index (κ3) is 8.23. The summed E-state index contributed by atoms with van der Waals surface area (Å²) in [6.07, 6.45) is 1.42. The number of benzene rings is 2. The average molecular weight is 461 g/mol. The molecule has 4 nitrogen and oxygen atoms in total. The molecule has 0 saturated heterocycles. The Morgan fingerprint density at radius 1 is 1.06 bits per heavy atom. The van der Waals surface area contributed by atoms with Gasteiger partial charge < -0.3 is 10.2 Å². The van der Waals surface area contributed by atoms with E-state index in [4.69, 9.17) is 11.6 Å². The number of hydrogen-bond donors (Lipinski definition) is 1. The van der Waals surface area contributed by atoms with Crippen molar-refractivity contribution in [2.45, 2.75) is 64.9 Å². The number of nitrogens with zero attached hydrogens (tertiary/aromatic N) is 1. The number of aryl methyl sites for hydroxylation is 1. The number of rotatable bonds is 11. The SMILES string of the molecule is CCC(C)NC(=O)C(CC)N(Cc1cccc(C)c1)C(=O)CSCc1cccc(Cl)c1. The minimum Gasteiger partial charge on any atom is -0.352 e. The normalized spacial score (nSPS) is 12.8. The van der Waals surface area contributed by atoms with Crippen LogP contribution in [0.5, 0.6) is 0 Å². The van der Waals surface area contributed by atoms with Crippen molar-refractivity contribution in [3.63, 3.8) is 0 Å². The van der Waals surface area contributed by atoms with Crippen molar-refractivity contribution < 1.29 is 9.59 Å². The molecule has 6 heteroatoms. The maximum absolute atomic E-state index is 13.2. The monoisotopic (exact) mass is 460 g/mol. The number of carbonyl (C=O) groups excluding carboxylic acids is 2. The lowest BCUT2D eigenvalue weighted by molar-refractivity contribution is -0.139. The number of thioether (sulfide) groups is 1. The van der Waals surface area contributed by atoms with Crippen LogP contribution in [0.1, 0.15) is 50.3 Å². The van der Waals surface area contributed by atoms with Crippen LogP contribution in [-0.2, 0) is 21.9 Å². The van der Waals surface area contributed by atoms with Crippen LogP contribution in [0.2, 0.25) is 5.02 Å². The average Bonchev–Trinajstić information content (AvgIpc) is 2.73. The van der Waals surface area contributed by atoms with Gasteiger partial charge in [-0.25, -0.2) is 0 Å². The molecule has 168 valence electrons. The molecule has 0 aliphatic heterocycles. The number of nitrogens with one attached hydrogen (secondary N) is 1. The van der Waals surface area contributed by atoms with Gasteiger partial charge in [-0.2, -0.15) is 0 Å². The summed E-state index contributed by atoms with van der Waals surface area (Å²) in [6.45, 7) is 8.43. The van der Waals surface area contributed by atoms with Crippen LogP contribution in [0.15, 0.2) is 48.5 Å². The lowest BCUT2D eigenvalue weighted by Gasteiger charge is -2.31. The van der Waals surface area contributed by atoms with Gasteiger partial charge in [0.25, 0.3) is 0 Å². The molecule has 1 N–H and O–H groups in total. The molecule has 0 aromatic heterocycles. The highest BCUT2D eigenvalue weighted by molar-refractivity contribution is 7.99. The quantitative estimate of drug-likeness (QED) is 0.474. The van der Waals surface area contributed by atoms with E-state index in [1.807, 2.05) is 70.2 Å². The molecular weight excluding hydrogens is 428 g/mol. The maximum atomic E-state index is 13.2. The van der Waals surface area contributed by atoms with Crippen LogP contribution in [0, 0.1) is 6.92 Å². The molecule has 0 radical (unpaired) electrons. The van der Waals surface area contributed by atoms with Gasteiger partial charge in [0.1, 0.15) is 6.04 Å². The molecule has 0 heterocycles. The van der Waals surface area contributed by atoms with E-state index < -0.39 is 6.04 Å². The maximum Gasteiger partial charge on any atom is 0.243 e. The fraction of sp³-hybridized carbons (Fsp3) is 0.440. The molecule has 2 unspecified atom stereocenters. The minimum atomic E-state index is -0.492. The number of halogens is 1. The second-order valence-corrected chi connectivity index (χ2v) is 9.30. The van der Waals surface area contributed by atoms with E-state index >= 15 is 0 Å². The van der Waals surface area contributed by atoms with Crippen LogP contribution in [0.3, 0.4) is 0 Å². The molecular formula is C25H33ClN2O2S. The highest BCUT2D eigenvalue weighted by Gasteiger charge is 2.29. The van der Waals surface area contributed by atoms with Gasteiger partial charge in [0.2, 0.25) is 11.8 Å². The molecule has 31 heavy (non-hydrogen) atoms. The predicted octanol–water partition coefficient (Wildman–Crippen LogP) is 5.60. The van der Waals surface area contributed by atoms with Gasteiger partial charge in [-0.1, -0.05) is 67.4 Å². The summed E-state index contributed by atoms with van der Waals surface area (Å²) >= 11 is 7.60. The van der Waals surface area contributed by atoms with E-state index in [0.29, 0.717) is 29.5 Å². The molecule has 2 rings (SSSR count). The fourth-order valence-corrected chi connectivity index (χ4v) is 4.40. The van der Waals surface area contributed by atoms with Gasteiger partial charge in [-0.05, 0) is 49.9 Å². The first-order valence-electron chi connectivity index (χ1n) is 10.8. The Hall–Kier alpha value is -1.98. The molecule has 2 aromatic carbocycles. The topological polar surface area (TPSA) is 49.4 Å². The Labute approximate surface area is 195 Å². The van der Waals surface area contributed by atoms with Crippen LogP contribution < -0.4 is 5.32 Å². The molecule has 2 atom stereocenters. The second kappa shape index (κ2) is 12.8. The van der Waals surface area contributed by atoms with Gasteiger partial charge in [-0.15, -0.1) is 11.8 Å². The fourth-order valence-electron chi connectivity index (χ4n) is 3.33. The molecule has 0 fully saturated rings. The molecule has 0 spiro atoms. The van der Waals surface area contributed by atoms with E-state index in [0.717, 1.165) is 23.1 Å². The first-order chi connectivity index (χ1) is 14.8. The standard InChI is InChI=1S/C25H33ClN2O2S/c1-5-19(4)27-25(30)23(6-2)28(15-20-10-7-9-18(3)13-20)24(29)17-31-16-21-11-8-12-22(26)14-21/h7-14,19,23H,5-6,15-17H2,1-4H3,(H,27,30). The van der Waals surface area contributed by atoms with Crippen molar-refractivity contribution in [2.75, 3.05) is 5.75 Å². The predicted molar refractivity (Wildman–Crippen MR) is 131 cm³/mol. The van der Waals surface area contributed by atoms with E-state index in [9.17, 15) is 9.59 Å². The lowest BCUT2D eigenvalue weighted by Crippen LogP contribution is -2.51. The van der Waals surface area contributed by atoms with E-state index in [2.05, 4.69) is 11.4 Å². The Morgan fingerprint density at radius 3 is 2.42 bits per heavy atom. The van der Waals surface area contributed by atoms with Crippen molar-refractivity contribution in [2.24, 2.45) is 0 Å². The van der Waals surface area contributed by atoms with Gasteiger partial charge >= 0.3 is 0 Å². The largest absolute Gasteiger partial charge is 0.352 e. The Kier molecular flexibility index (Phi) is 10.4. The lowest BCUT2D eigenvalue weighted by atomic mass is 10.1. The highest BCUT2D eigenvalue weighted by atomic mass is 35.5. The number of hydrogen-bond acceptors (Lipinski definition) is 3. The first-order valence-corrected chi connectivity index (χ1v) is 12.3.